The second-order valence-corrected chi connectivity index (χ2v) is 7.54. The van der Waals surface area contributed by atoms with Crippen LogP contribution in [0.3, 0.4) is 0 Å². The van der Waals surface area contributed by atoms with Crippen LogP contribution < -0.4 is 10.1 Å². The van der Waals surface area contributed by atoms with Crippen molar-refractivity contribution in [1.29, 1.82) is 0 Å². The molecule has 0 radical (unpaired) electrons. The van der Waals surface area contributed by atoms with E-state index in [4.69, 9.17) is 9.26 Å². The Labute approximate surface area is 151 Å². The van der Waals surface area contributed by atoms with Gasteiger partial charge in [-0.15, -0.1) is 11.8 Å². The van der Waals surface area contributed by atoms with Crippen LogP contribution in [0.15, 0.2) is 28.8 Å². The highest BCUT2D eigenvalue weighted by Crippen LogP contribution is 2.27. The molecule has 1 atom stereocenters. The van der Waals surface area contributed by atoms with Gasteiger partial charge < -0.3 is 14.6 Å². The van der Waals surface area contributed by atoms with E-state index in [2.05, 4.69) is 35.4 Å². The van der Waals surface area contributed by atoms with E-state index in [-0.39, 0.29) is 12.0 Å². The van der Waals surface area contributed by atoms with Gasteiger partial charge in [0.2, 0.25) is 11.8 Å². The molecular weight excluding hydrogens is 338 g/mol. The summed E-state index contributed by atoms with van der Waals surface area (Å²) in [5.74, 6) is 3.62. The number of ether oxygens (including phenoxy) is 1. The predicted molar refractivity (Wildman–Crippen MR) is 96.6 cm³/mol. The van der Waals surface area contributed by atoms with Crippen LogP contribution in [0.4, 0.5) is 0 Å². The second-order valence-electron chi connectivity index (χ2n) is 6.55. The number of fused-ring (bicyclic) bond motifs is 1. The molecule has 25 heavy (non-hydrogen) atoms. The third-order valence-corrected chi connectivity index (χ3v) is 4.72. The van der Waals surface area contributed by atoms with Crippen molar-refractivity contribution in [1.82, 2.24) is 15.5 Å². The molecule has 1 unspecified atom stereocenters. The first-order chi connectivity index (χ1) is 12.1. The van der Waals surface area contributed by atoms with Gasteiger partial charge in [0.1, 0.15) is 11.9 Å². The number of carbonyl (C=O) groups is 1. The highest BCUT2D eigenvalue weighted by molar-refractivity contribution is 7.99. The summed E-state index contributed by atoms with van der Waals surface area (Å²) >= 11 is 1.47. The number of aromatic nitrogens is 2. The zero-order valence-electron chi connectivity index (χ0n) is 14.5. The number of amides is 1. The summed E-state index contributed by atoms with van der Waals surface area (Å²) in [6.07, 6.45) is 1.66. The molecule has 2 aromatic rings. The first-order valence-electron chi connectivity index (χ1n) is 8.50. The van der Waals surface area contributed by atoms with Crippen molar-refractivity contribution >= 4 is 17.7 Å². The molecule has 6 nitrogen and oxygen atoms in total. The summed E-state index contributed by atoms with van der Waals surface area (Å²) < 4.78 is 11.0. The normalized spacial score (nSPS) is 15.9. The van der Waals surface area contributed by atoms with Gasteiger partial charge in [-0.25, -0.2) is 0 Å². The van der Waals surface area contributed by atoms with E-state index in [1.165, 1.54) is 17.3 Å². The van der Waals surface area contributed by atoms with Crippen molar-refractivity contribution in [2.75, 3.05) is 12.3 Å². The van der Waals surface area contributed by atoms with Gasteiger partial charge in [-0.2, -0.15) is 4.98 Å². The largest absolute Gasteiger partial charge is 0.488 e. The van der Waals surface area contributed by atoms with Crippen molar-refractivity contribution in [2.45, 2.75) is 38.5 Å². The van der Waals surface area contributed by atoms with E-state index < -0.39 is 0 Å². The molecule has 1 aliphatic heterocycles. The van der Waals surface area contributed by atoms with Crippen LogP contribution in [0.5, 0.6) is 5.75 Å². The standard InChI is InChI=1S/C18H23N3O3S/c1-12(2)7-16-20-18(24-21-16)11-25-10-17(22)19-9-14-8-13-5-3-4-6-15(13)23-14/h3-6,12,14H,7-11H2,1-2H3,(H,19,22). The molecular formula is C18H23N3O3S. The Hall–Kier alpha value is -2.02. The molecule has 1 aromatic heterocycles. The van der Waals surface area contributed by atoms with E-state index in [9.17, 15) is 4.79 Å². The molecule has 2 heterocycles. The lowest BCUT2D eigenvalue weighted by Crippen LogP contribution is -2.35. The van der Waals surface area contributed by atoms with Crippen molar-refractivity contribution in [2.24, 2.45) is 5.92 Å². The lowest BCUT2D eigenvalue weighted by molar-refractivity contribution is -0.118. The molecule has 0 saturated carbocycles. The molecule has 1 aliphatic rings. The minimum absolute atomic E-state index is 0.00789. The summed E-state index contributed by atoms with van der Waals surface area (Å²) in [5, 5.41) is 6.87. The Morgan fingerprint density at radius 3 is 3.04 bits per heavy atom. The number of rotatable bonds is 8. The van der Waals surface area contributed by atoms with E-state index in [1.807, 2.05) is 18.2 Å². The molecule has 134 valence electrons. The Bertz CT molecular complexity index is 692. The minimum Gasteiger partial charge on any atom is -0.488 e. The van der Waals surface area contributed by atoms with Crippen LogP contribution in [0, 0.1) is 5.92 Å². The van der Waals surface area contributed by atoms with Crippen LogP contribution in [0.1, 0.15) is 31.1 Å². The highest BCUT2D eigenvalue weighted by Gasteiger charge is 2.22. The summed E-state index contributed by atoms with van der Waals surface area (Å²) in [6, 6.07) is 7.99. The van der Waals surface area contributed by atoms with Crippen LogP contribution in [0.25, 0.3) is 0 Å². The Morgan fingerprint density at radius 2 is 2.24 bits per heavy atom. The number of nitrogens with one attached hydrogen (secondary N) is 1. The van der Waals surface area contributed by atoms with Gasteiger partial charge >= 0.3 is 0 Å². The van der Waals surface area contributed by atoms with Gasteiger partial charge in [0, 0.05) is 12.8 Å². The fraction of sp³-hybridized carbons (Fsp3) is 0.500. The second kappa shape index (κ2) is 8.38. The highest BCUT2D eigenvalue weighted by atomic mass is 32.2. The molecule has 1 aromatic carbocycles. The number of hydrogen-bond acceptors (Lipinski definition) is 6. The molecule has 1 N–H and O–H groups in total. The molecule has 1 amide bonds. The van der Waals surface area contributed by atoms with Gasteiger partial charge in [-0.3, -0.25) is 4.79 Å². The van der Waals surface area contributed by atoms with Crippen LogP contribution >= 0.6 is 11.8 Å². The Balaban J connectivity index is 1.33. The molecule has 0 bridgehead atoms. The number of hydrogen-bond donors (Lipinski definition) is 1. The van der Waals surface area contributed by atoms with Gasteiger partial charge in [-0.05, 0) is 17.5 Å². The van der Waals surface area contributed by atoms with Gasteiger partial charge in [0.05, 0.1) is 18.1 Å². The zero-order chi connectivity index (χ0) is 17.6. The summed E-state index contributed by atoms with van der Waals surface area (Å²) in [4.78, 5) is 16.3. The molecule has 0 fully saturated rings. The summed E-state index contributed by atoms with van der Waals surface area (Å²) in [5.41, 5.74) is 1.20. The number of nitrogens with zero attached hydrogens (tertiary/aromatic N) is 2. The summed E-state index contributed by atoms with van der Waals surface area (Å²) in [7, 11) is 0. The number of benzene rings is 1. The number of para-hydroxylation sites is 1. The maximum atomic E-state index is 12.0. The van der Waals surface area contributed by atoms with Crippen LogP contribution in [-0.4, -0.2) is 34.4 Å². The SMILES string of the molecule is CC(C)Cc1noc(CSCC(=O)NCC2Cc3ccccc3O2)n1. The van der Waals surface area contributed by atoms with Crippen molar-refractivity contribution in [3.05, 3.63) is 41.5 Å². The predicted octanol–water partition coefficient (Wildman–Crippen LogP) is 2.62. The average molecular weight is 361 g/mol. The molecule has 0 spiro atoms. The average Bonchev–Trinajstić information content (AvgIpc) is 3.18. The lowest BCUT2D eigenvalue weighted by atomic mass is 10.1. The van der Waals surface area contributed by atoms with E-state index >= 15 is 0 Å². The van der Waals surface area contributed by atoms with Crippen molar-refractivity contribution < 1.29 is 14.1 Å². The minimum atomic E-state index is -0.00789. The number of carbonyl (C=O) groups excluding carboxylic acids is 1. The summed E-state index contributed by atoms with van der Waals surface area (Å²) in [6.45, 7) is 4.75. The molecule has 3 rings (SSSR count). The first kappa shape index (κ1) is 17.8. The first-order valence-corrected chi connectivity index (χ1v) is 9.66. The van der Waals surface area contributed by atoms with Gasteiger partial charge in [0.25, 0.3) is 0 Å². The van der Waals surface area contributed by atoms with E-state index in [1.54, 1.807) is 0 Å². The van der Waals surface area contributed by atoms with Crippen molar-refractivity contribution in [3.63, 3.8) is 0 Å². The quantitative estimate of drug-likeness (QED) is 0.779. The maximum absolute atomic E-state index is 12.0. The topological polar surface area (TPSA) is 77.2 Å². The fourth-order valence-electron chi connectivity index (χ4n) is 2.67. The van der Waals surface area contributed by atoms with Crippen LogP contribution in [0.2, 0.25) is 0 Å². The molecule has 7 heteroatoms. The monoisotopic (exact) mass is 361 g/mol. The maximum Gasteiger partial charge on any atom is 0.236 e. The zero-order valence-corrected chi connectivity index (χ0v) is 15.3. The van der Waals surface area contributed by atoms with Gasteiger partial charge in [-0.1, -0.05) is 37.2 Å². The molecule has 0 saturated heterocycles. The fourth-order valence-corrected chi connectivity index (χ4v) is 3.36. The number of thioether (sulfide) groups is 1. The molecule has 0 aliphatic carbocycles. The third kappa shape index (κ3) is 5.22. The van der Waals surface area contributed by atoms with E-state index in [0.29, 0.717) is 29.9 Å². The lowest BCUT2D eigenvalue weighted by Gasteiger charge is -2.11. The van der Waals surface area contributed by atoms with Crippen LogP contribution in [-0.2, 0) is 23.4 Å². The third-order valence-electron chi connectivity index (χ3n) is 3.80. The Kier molecular flexibility index (Phi) is 5.96. The van der Waals surface area contributed by atoms with Gasteiger partial charge in [0.15, 0.2) is 5.82 Å². The van der Waals surface area contributed by atoms with E-state index in [0.717, 1.165) is 24.4 Å². The Morgan fingerprint density at radius 1 is 1.40 bits per heavy atom. The van der Waals surface area contributed by atoms with Crippen molar-refractivity contribution in [3.8, 4) is 5.75 Å². The smallest absolute Gasteiger partial charge is 0.236 e.